The summed E-state index contributed by atoms with van der Waals surface area (Å²) < 4.78 is 0. The van der Waals surface area contributed by atoms with Gasteiger partial charge < -0.3 is 4.90 Å². The van der Waals surface area contributed by atoms with E-state index in [-0.39, 0.29) is 5.91 Å². The van der Waals surface area contributed by atoms with Gasteiger partial charge in [-0.1, -0.05) is 0 Å². The van der Waals surface area contributed by atoms with Gasteiger partial charge >= 0.3 is 0 Å². The van der Waals surface area contributed by atoms with Crippen molar-refractivity contribution >= 4 is 22.9 Å². The number of nitrogens with one attached hydrogen (secondary N) is 1. The summed E-state index contributed by atoms with van der Waals surface area (Å²) in [5, 5.41) is 8.77. The van der Waals surface area contributed by atoms with Crippen molar-refractivity contribution in [3.05, 3.63) is 51.7 Å². The summed E-state index contributed by atoms with van der Waals surface area (Å²) in [6, 6.07) is 13.1. The van der Waals surface area contributed by atoms with Gasteiger partial charge in [0.2, 0.25) is 0 Å². The van der Waals surface area contributed by atoms with Crippen LogP contribution in [0.4, 0.5) is 5.69 Å². The van der Waals surface area contributed by atoms with E-state index in [0.717, 1.165) is 10.6 Å². The Morgan fingerprint density at radius 2 is 2.05 bits per heavy atom. The first-order valence-corrected chi connectivity index (χ1v) is 6.76. The number of nitrogens with zero attached hydrogens (tertiary/aromatic N) is 2. The minimum atomic E-state index is -0.276. The molecule has 0 aliphatic carbocycles. The standard InChI is InChI=1S/C14H14N4OS/c1-18(11-4-2-10(8-15)3-5-11)9-12-6-7-13(20-12)14(19)17-16/h2-7H,9,16H2,1H3,(H,17,19). The smallest absolute Gasteiger partial charge is 0.275 e. The van der Waals surface area contributed by atoms with Gasteiger partial charge in [-0.2, -0.15) is 5.26 Å². The number of rotatable bonds is 4. The molecule has 0 aliphatic heterocycles. The van der Waals surface area contributed by atoms with Gasteiger partial charge in [0.1, 0.15) is 0 Å². The molecule has 2 rings (SSSR count). The fourth-order valence-electron chi connectivity index (χ4n) is 1.77. The molecule has 1 amide bonds. The number of carbonyl (C=O) groups is 1. The molecule has 0 atom stereocenters. The largest absolute Gasteiger partial charge is 0.369 e. The SMILES string of the molecule is CN(Cc1ccc(C(=O)NN)s1)c1ccc(C#N)cc1. The number of nitriles is 1. The van der Waals surface area contributed by atoms with E-state index in [4.69, 9.17) is 11.1 Å². The van der Waals surface area contributed by atoms with E-state index in [1.165, 1.54) is 11.3 Å². The molecule has 5 nitrogen and oxygen atoms in total. The molecule has 1 aromatic heterocycles. The van der Waals surface area contributed by atoms with Crippen LogP contribution in [-0.4, -0.2) is 13.0 Å². The van der Waals surface area contributed by atoms with Crippen molar-refractivity contribution in [1.29, 1.82) is 5.26 Å². The van der Waals surface area contributed by atoms with E-state index in [0.29, 0.717) is 17.0 Å². The van der Waals surface area contributed by atoms with Crippen molar-refractivity contribution in [1.82, 2.24) is 5.43 Å². The Hall–Kier alpha value is -2.36. The Morgan fingerprint density at radius 1 is 1.35 bits per heavy atom. The monoisotopic (exact) mass is 286 g/mol. The summed E-state index contributed by atoms with van der Waals surface area (Å²) in [6.45, 7) is 0.689. The number of anilines is 1. The normalized spacial score (nSPS) is 9.85. The lowest BCUT2D eigenvalue weighted by Gasteiger charge is -2.18. The second kappa shape index (κ2) is 6.19. The molecule has 20 heavy (non-hydrogen) atoms. The second-order valence-corrected chi connectivity index (χ2v) is 5.42. The van der Waals surface area contributed by atoms with Crippen LogP contribution in [0.5, 0.6) is 0 Å². The zero-order valence-corrected chi connectivity index (χ0v) is 11.8. The van der Waals surface area contributed by atoms with Gasteiger partial charge in [-0.15, -0.1) is 11.3 Å². The predicted octanol–water partition coefficient (Wildman–Crippen LogP) is 1.86. The number of nitrogen functional groups attached to an aromatic ring is 1. The first-order chi connectivity index (χ1) is 9.63. The van der Waals surface area contributed by atoms with Crippen LogP contribution in [0, 0.1) is 11.3 Å². The van der Waals surface area contributed by atoms with Crippen LogP contribution >= 0.6 is 11.3 Å². The molecule has 0 radical (unpaired) electrons. The fourth-order valence-corrected chi connectivity index (χ4v) is 2.74. The van der Waals surface area contributed by atoms with Crippen LogP contribution in [0.25, 0.3) is 0 Å². The van der Waals surface area contributed by atoms with Crippen molar-refractivity contribution in [2.24, 2.45) is 5.84 Å². The van der Waals surface area contributed by atoms with Gasteiger partial charge in [-0.3, -0.25) is 10.2 Å². The van der Waals surface area contributed by atoms with E-state index in [1.54, 1.807) is 18.2 Å². The second-order valence-electron chi connectivity index (χ2n) is 4.25. The predicted molar refractivity (Wildman–Crippen MR) is 79.2 cm³/mol. The maximum atomic E-state index is 11.4. The lowest BCUT2D eigenvalue weighted by molar-refractivity contribution is 0.0957. The number of hydrogen-bond acceptors (Lipinski definition) is 5. The molecular weight excluding hydrogens is 272 g/mol. The third-order valence-electron chi connectivity index (χ3n) is 2.85. The maximum absolute atomic E-state index is 11.4. The number of thiophene rings is 1. The molecule has 0 bridgehead atoms. The first-order valence-electron chi connectivity index (χ1n) is 5.95. The average Bonchev–Trinajstić information content (AvgIpc) is 2.95. The first kappa shape index (κ1) is 14.1. The maximum Gasteiger partial charge on any atom is 0.275 e. The molecule has 0 spiro atoms. The van der Waals surface area contributed by atoms with Gasteiger partial charge in [0.25, 0.3) is 5.91 Å². The molecule has 102 valence electrons. The van der Waals surface area contributed by atoms with Crippen LogP contribution in [0.2, 0.25) is 0 Å². The molecule has 3 N–H and O–H groups in total. The highest BCUT2D eigenvalue weighted by molar-refractivity contribution is 7.14. The third-order valence-corrected chi connectivity index (χ3v) is 3.92. The molecule has 0 fully saturated rings. The van der Waals surface area contributed by atoms with Crippen molar-refractivity contribution in [2.75, 3.05) is 11.9 Å². The molecule has 1 heterocycles. The Morgan fingerprint density at radius 3 is 2.65 bits per heavy atom. The van der Waals surface area contributed by atoms with Crippen LogP contribution in [0.1, 0.15) is 20.1 Å². The van der Waals surface area contributed by atoms with Crippen molar-refractivity contribution in [3.63, 3.8) is 0 Å². The van der Waals surface area contributed by atoms with Gasteiger partial charge in [0.15, 0.2) is 0 Å². The van der Waals surface area contributed by atoms with E-state index in [1.807, 2.05) is 25.2 Å². The van der Waals surface area contributed by atoms with Crippen LogP contribution in [0.15, 0.2) is 36.4 Å². The highest BCUT2D eigenvalue weighted by atomic mass is 32.1. The van der Waals surface area contributed by atoms with Gasteiger partial charge in [0, 0.05) is 17.6 Å². The van der Waals surface area contributed by atoms with Crippen LogP contribution in [0.3, 0.4) is 0 Å². The molecule has 0 aliphatic rings. The van der Waals surface area contributed by atoms with E-state index in [9.17, 15) is 4.79 Å². The average molecular weight is 286 g/mol. The van der Waals surface area contributed by atoms with Gasteiger partial charge in [0.05, 0.1) is 23.1 Å². The Kier molecular flexibility index (Phi) is 4.35. The zero-order chi connectivity index (χ0) is 14.5. The number of amides is 1. The van der Waals surface area contributed by atoms with Gasteiger partial charge in [-0.05, 0) is 36.4 Å². The van der Waals surface area contributed by atoms with Crippen molar-refractivity contribution < 1.29 is 4.79 Å². The Bertz CT molecular complexity index is 642. The minimum absolute atomic E-state index is 0.276. The van der Waals surface area contributed by atoms with Crippen LogP contribution < -0.4 is 16.2 Å². The summed E-state index contributed by atoms with van der Waals surface area (Å²) in [5.74, 6) is 4.83. The highest BCUT2D eigenvalue weighted by Gasteiger charge is 2.09. The fraction of sp³-hybridized carbons (Fsp3) is 0.143. The Balaban J connectivity index is 2.07. The molecular formula is C14H14N4OS. The van der Waals surface area contributed by atoms with Crippen molar-refractivity contribution in [3.8, 4) is 6.07 Å². The highest BCUT2D eigenvalue weighted by Crippen LogP contribution is 2.21. The van der Waals surface area contributed by atoms with E-state index >= 15 is 0 Å². The number of nitrogens with two attached hydrogens (primary N) is 1. The number of hydrogen-bond donors (Lipinski definition) is 2. The summed E-state index contributed by atoms with van der Waals surface area (Å²) in [5.41, 5.74) is 3.77. The number of hydrazine groups is 1. The summed E-state index contributed by atoms with van der Waals surface area (Å²) in [6.07, 6.45) is 0. The molecule has 2 aromatic rings. The lowest BCUT2D eigenvalue weighted by Crippen LogP contribution is -2.29. The van der Waals surface area contributed by atoms with Crippen LogP contribution in [-0.2, 0) is 6.54 Å². The third kappa shape index (κ3) is 3.15. The van der Waals surface area contributed by atoms with Gasteiger partial charge in [-0.25, -0.2) is 5.84 Å². The summed E-state index contributed by atoms with van der Waals surface area (Å²) in [7, 11) is 1.96. The molecule has 0 saturated carbocycles. The number of carbonyl (C=O) groups excluding carboxylic acids is 1. The topological polar surface area (TPSA) is 82.2 Å². The molecule has 0 unspecified atom stereocenters. The lowest BCUT2D eigenvalue weighted by atomic mass is 10.2. The molecule has 1 aromatic carbocycles. The Labute approximate surface area is 121 Å². The summed E-state index contributed by atoms with van der Waals surface area (Å²) in [4.78, 5) is 15.1. The van der Waals surface area contributed by atoms with E-state index < -0.39 is 0 Å². The minimum Gasteiger partial charge on any atom is -0.369 e. The van der Waals surface area contributed by atoms with E-state index in [2.05, 4.69) is 16.4 Å². The quantitative estimate of drug-likeness (QED) is 0.510. The summed E-state index contributed by atoms with van der Waals surface area (Å²) >= 11 is 1.41. The van der Waals surface area contributed by atoms with Crippen molar-refractivity contribution in [2.45, 2.75) is 6.54 Å². The molecule has 6 heteroatoms. The molecule has 0 saturated heterocycles. The zero-order valence-electron chi connectivity index (χ0n) is 11.0. The number of benzene rings is 1.